The van der Waals surface area contributed by atoms with Gasteiger partial charge in [-0.25, -0.2) is 7.94 Å². The van der Waals surface area contributed by atoms with Crippen LogP contribution in [0.2, 0.25) is 0 Å². The minimum absolute atomic E-state index is 0.515. The van der Waals surface area contributed by atoms with Gasteiger partial charge in [0.15, 0.2) is 0 Å². The Kier molecular flexibility index (Phi) is 6.35. The van der Waals surface area contributed by atoms with Crippen molar-refractivity contribution >= 4 is 58.5 Å². The van der Waals surface area contributed by atoms with Crippen LogP contribution in [-0.4, -0.2) is 0 Å². The number of rotatable bonds is 7. The Bertz CT molecular complexity index is 1340. The Labute approximate surface area is 195 Å². The van der Waals surface area contributed by atoms with Crippen molar-refractivity contribution in [3.05, 3.63) is 115 Å². The molecule has 0 amide bonds. The summed E-state index contributed by atoms with van der Waals surface area (Å²) in [6.45, 7) is 0. The number of hydrogen-bond acceptors (Lipinski definition) is 5. The number of fused-ring (bicyclic) bond motifs is 2. The fraction of sp³-hybridized carbons (Fsp3) is 0. The third kappa shape index (κ3) is 4.78. The van der Waals surface area contributed by atoms with E-state index in [4.69, 9.17) is 7.94 Å². The summed E-state index contributed by atoms with van der Waals surface area (Å²) in [7, 11) is -3.60. The molecule has 0 aliphatic carbocycles. The van der Waals surface area contributed by atoms with Gasteiger partial charge in [-0.1, -0.05) is 78.9 Å². The minimum Gasteiger partial charge on any atom is -0.252 e. The predicted octanol–water partition coefficient (Wildman–Crippen LogP) is 8.26. The molecule has 0 saturated carbocycles. The second kappa shape index (κ2) is 9.53. The van der Waals surface area contributed by atoms with E-state index in [1.54, 1.807) is 12.1 Å². The van der Waals surface area contributed by atoms with Crippen LogP contribution in [0.25, 0.3) is 21.5 Å². The molecule has 0 heterocycles. The smallest absolute Gasteiger partial charge is 0.252 e. The van der Waals surface area contributed by atoms with Crippen molar-refractivity contribution in [2.45, 2.75) is 9.79 Å². The summed E-state index contributed by atoms with van der Waals surface area (Å²) in [6.07, 6.45) is 0. The maximum atomic E-state index is 13.8. The average Bonchev–Trinajstić information content (AvgIpc) is 2.86. The van der Waals surface area contributed by atoms with Crippen LogP contribution in [0.1, 0.15) is 0 Å². The Balaban J connectivity index is 1.38. The van der Waals surface area contributed by atoms with Crippen molar-refractivity contribution in [2.24, 2.45) is 0 Å². The van der Waals surface area contributed by atoms with Gasteiger partial charge in [0.25, 0.3) is 0 Å². The van der Waals surface area contributed by atoms with Gasteiger partial charge in [0.2, 0.25) is 0 Å². The second-order valence-corrected chi connectivity index (χ2v) is 11.1. The average molecular weight is 475 g/mol. The SMILES string of the molecule is O=P(OSc1ccc2ccccc2c1)(OSc1ccc2ccccc2c1)c1ccccc1. The van der Waals surface area contributed by atoms with Gasteiger partial charge in [-0.15, -0.1) is 0 Å². The summed E-state index contributed by atoms with van der Waals surface area (Å²) in [5, 5.41) is 5.00. The summed E-state index contributed by atoms with van der Waals surface area (Å²) in [5.74, 6) is 0. The van der Waals surface area contributed by atoms with Gasteiger partial charge < -0.3 is 0 Å². The molecule has 0 bridgehead atoms. The zero-order chi connectivity index (χ0) is 21.8. The normalized spacial score (nSPS) is 11.8. The molecule has 0 aromatic heterocycles. The van der Waals surface area contributed by atoms with Crippen LogP contribution in [-0.2, 0) is 12.5 Å². The summed E-state index contributed by atoms with van der Waals surface area (Å²) in [4.78, 5) is 1.72. The lowest BCUT2D eigenvalue weighted by Crippen LogP contribution is -2.05. The van der Waals surface area contributed by atoms with Crippen molar-refractivity contribution < 1.29 is 12.5 Å². The van der Waals surface area contributed by atoms with Gasteiger partial charge in [-0.3, -0.25) is 4.57 Å². The van der Waals surface area contributed by atoms with Crippen LogP contribution in [0.5, 0.6) is 0 Å². The van der Waals surface area contributed by atoms with Crippen LogP contribution in [0.15, 0.2) is 125 Å². The molecule has 158 valence electrons. The van der Waals surface area contributed by atoms with E-state index in [-0.39, 0.29) is 0 Å². The van der Waals surface area contributed by atoms with Crippen LogP contribution < -0.4 is 5.30 Å². The number of hydrogen-bond donors (Lipinski definition) is 0. The summed E-state index contributed by atoms with van der Waals surface area (Å²) >= 11 is 2.15. The summed E-state index contributed by atoms with van der Waals surface area (Å²) < 4.78 is 25.6. The van der Waals surface area contributed by atoms with Crippen molar-refractivity contribution in [1.82, 2.24) is 0 Å². The zero-order valence-electron chi connectivity index (χ0n) is 17.0. The molecule has 0 unspecified atom stereocenters. The molecule has 0 fully saturated rings. The molecule has 0 radical (unpaired) electrons. The van der Waals surface area contributed by atoms with E-state index in [0.717, 1.165) is 55.4 Å². The van der Waals surface area contributed by atoms with Crippen molar-refractivity contribution in [2.75, 3.05) is 0 Å². The van der Waals surface area contributed by atoms with Crippen LogP contribution in [0, 0.1) is 0 Å². The first-order valence-corrected chi connectivity index (χ1v) is 13.1. The highest BCUT2D eigenvalue weighted by atomic mass is 32.2. The van der Waals surface area contributed by atoms with Crippen molar-refractivity contribution in [1.29, 1.82) is 0 Å². The molecule has 32 heavy (non-hydrogen) atoms. The molecular weight excluding hydrogens is 455 g/mol. The Morgan fingerprint density at radius 2 is 0.938 bits per heavy atom. The Hall–Kier alpha value is -2.53. The second-order valence-electron chi connectivity index (χ2n) is 7.17. The third-order valence-corrected chi connectivity index (χ3v) is 8.97. The third-order valence-electron chi connectivity index (χ3n) is 4.98. The fourth-order valence-corrected chi connectivity index (χ4v) is 6.95. The molecule has 0 atom stereocenters. The first-order valence-electron chi connectivity index (χ1n) is 10.1. The van der Waals surface area contributed by atoms with Crippen LogP contribution >= 0.6 is 31.7 Å². The van der Waals surface area contributed by atoms with Gasteiger partial charge in [0, 0.05) is 33.9 Å². The molecule has 6 heteroatoms. The van der Waals surface area contributed by atoms with Gasteiger partial charge in [0.1, 0.15) is 0 Å². The molecule has 0 N–H and O–H groups in total. The first kappa shape index (κ1) is 21.3. The van der Waals surface area contributed by atoms with E-state index in [2.05, 4.69) is 12.1 Å². The highest BCUT2D eigenvalue weighted by Gasteiger charge is 2.30. The maximum absolute atomic E-state index is 13.8. The van der Waals surface area contributed by atoms with E-state index in [0.29, 0.717) is 5.30 Å². The summed E-state index contributed by atoms with van der Waals surface area (Å²) in [6, 6.07) is 37.3. The lowest BCUT2D eigenvalue weighted by atomic mass is 10.1. The first-order chi connectivity index (χ1) is 15.7. The molecule has 3 nitrogen and oxygen atoms in total. The van der Waals surface area contributed by atoms with E-state index in [9.17, 15) is 4.57 Å². The van der Waals surface area contributed by atoms with Crippen LogP contribution in [0.3, 0.4) is 0 Å². The van der Waals surface area contributed by atoms with Gasteiger partial charge in [0.05, 0.1) is 5.30 Å². The van der Waals surface area contributed by atoms with Gasteiger partial charge in [-0.05, 0) is 57.9 Å². The fourth-order valence-electron chi connectivity index (χ4n) is 3.33. The highest BCUT2D eigenvalue weighted by molar-refractivity contribution is 8.03. The number of benzene rings is 5. The van der Waals surface area contributed by atoms with Crippen LogP contribution in [0.4, 0.5) is 0 Å². The topological polar surface area (TPSA) is 35.5 Å². The van der Waals surface area contributed by atoms with Gasteiger partial charge in [-0.2, -0.15) is 0 Å². The molecule has 0 aliphatic heterocycles. The lowest BCUT2D eigenvalue weighted by molar-refractivity contribution is 0.446. The van der Waals surface area contributed by atoms with Crippen molar-refractivity contribution in [3.8, 4) is 0 Å². The molecule has 0 aliphatic rings. The molecule has 0 spiro atoms. The monoisotopic (exact) mass is 474 g/mol. The molecular formula is C26H19O3PS2. The van der Waals surface area contributed by atoms with E-state index < -0.39 is 7.60 Å². The Morgan fingerprint density at radius 1 is 0.500 bits per heavy atom. The van der Waals surface area contributed by atoms with E-state index in [1.165, 1.54) is 0 Å². The lowest BCUT2D eigenvalue weighted by Gasteiger charge is -2.17. The highest BCUT2D eigenvalue weighted by Crippen LogP contribution is 2.56. The Morgan fingerprint density at radius 3 is 1.44 bits per heavy atom. The molecule has 0 saturated heterocycles. The molecule has 5 rings (SSSR count). The predicted molar refractivity (Wildman–Crippen MR) is 135 cm³/mol. The quantitative estimate of drug-likeness (QED) is 0.175. The molecule has 5 aromatic carbocycles. The zero-order valence-corrected chi connectivity index (χ0v) is 19.5. The summed E-state index contributed by atoms with van der Waals surface area (Å²) in [5.41, 5.74) is 0. The van der Waals surface area contributed by atoms with Gasteiger partial charge >= 0.3 is 7.60 Å². The van der Waals surface area contributed by atoms with E-state index >= 15 is 0 Å². The van der Waals surface area contributed by atoms with Crippen molar-refractivity contribution in [3.63, 3.8) is 0 Å². The minimum atomic E-state index is -3.60. The van der Waals surface area contributed by atoms with E-state index in [1.807, 2.05) is 91.0 Å². The largest absolute Gasteiger partial charge is 0.384 e. The maximum Gasteiger partial charge on any atom is 0.384 e. The molecule has 5 aromatic rings. The standard InChI is InChI=1S/C26H19O3PS2/c27-30(24-12-2-1-3-13-24,28-31-25-16-14-20-8-4-6-10-22(20)18-25)29-32-26-17-15-21-9-5-7-11-23(21)19-26/h1-19H.